The molecule has 2 heterocycles. The Balaban J connectivity index is 0.000000605. The van der Waals surface area contributed by atoms with Crippen LogP contribution in [-0.2, 0) is 0 Å². The maximum absolute atomic E-state index is 3.40. The standard InChI is InChI=1S/C8H11NS.ClH/c1-6-3-5-10-8(6)7-2-4-9-7;/h3,5,7,9H,2,4H2,1H3;1H/t7-;/m1./s1. The third kappa shape index (κ3) is 1.58. The summed E-state index contributed by atoms with van der Waals surface area (Å²) >= 11 is 1.87. The Morgan fingerprint density at radius 1 is 1.64 bits per heavy atom. The molecule has 0 amide bonds. The van der Waals surface area contributed by atoms with Crippen molar-refractivity contribution >= 4 is 23.7 Å². The number of hydrogen-bond acceptors (Lipinski definition) is 2. The van der Waals surface area contributed by atoms with Gasteiger partial charge in [-0.2, -0.15) is 0 Å². The van der Waals surface area contributed by atoms with E-state index in [0.29, 0.717) is 6.04 Å². The van der Waals surface area contributed by atoms with Crippen LogP contribution in [0.15, 0.2) is 11.4 Å². The van der Waals surface area contributed by atoms with Gasteiger partial charge in [-0.05, 0) is 36.9 Å². The Kier molecular flexibility index (Phi) is 2.93. The second-order valence-electron chi connectivity index (χ2n) is 2.76. The molecule has 1 atom stereocenters. The fourth-order valence-electron chi connectivity index (χ4n) is 1.25. The van der Waals surface area contributed by atoms with Gasteiger partial charge < -0.3 is 5.32 Å². The highest BCUT2D eigenvalue weighted by Gasteiger charge is 2.20. The molecular weight excluding hydrogens is 178 g/mol. The highest BCUT2D eigenvalue weighted by atomic mass is 35.5. The van der Waals surface area contributed by atoms with E-state index in [1.165, 1.54) is 23.4 Å². The number of rotatable bonds is 1. The van der Waals surface area contributed by atoms with Crippen molar-refractivity contribution < 1.29 is 0 Å². The molecule has 1 nitrogen and oxygen atoms in total. The molecule has 1 aliphatic rings. The molecule has 1 aromatic heterocycles. The Morgan fingerprint density at radius 2 is 2.36 bits per heavy atom. The molecule has 1 aliphatic heterocycles. The molecule has 3 heteroatoms. The minimum atomic E-state index is 0. The van der Waals surface area contributed by atoms with Crippen LogP contribution in [0, 0.1) is 6.92 Å². The summed E-state index contributed by atoms with van der Waals surface area (Å²) in [6.45, 7) is 3.38. The van der Waals surface area contributed by atoms with E-state index in [0.717, 1.165) is 0 Å². The molecule has 2 rings (SSSR count). The third-order valence-corrected chi connectivity index (χ3v) is 3.17. The van der Waals surface area contributed by atoms with Gasteiger partial charge in [-0.3, -0.25) is 0 Å². The summed E-state index contributed by atoms with van der Waals surface area (Å²) in [7, 11) is 0. The Bertz CT molecular complexity index is 230. The first-order chi connectivity index (χ1) is 4.88. The van der Waals surface area contributed by atoms with E-state index >= 15 is 0 Å². The lowest BCUT2D eigenvalue weighted by molar-refractivity contribution is 0.388. The molecule has 0 bridgehead atoms. The fraction of sp³-hybridized carbons (Fsp3) is 0.500. The van der Waals surface area contributed by atoms with Crippen LogP contribution in [0.5, 0.6) is 0 Å². The molecule has 0 aliphatic carbocycles. The fourth-order valence-corrected chi connectivity index (χ4v) is 2.29. The number of nitrogens with one attached hydrogen (secondary N) is 1. The van der Waals surface area contributed by atoms with Crippen LogP contribution in [0.1, 0.15) is 22.9 Å². The number of aryl methyl sites for hydroxylation is 1. The molecule has 1 N–H and O–H groups in total. The van der Waals surface area contributed by atoms with Gasteiger partial charge in [0.2, 0.25) is 0 Å². The van der Waals surface area contributed by atoms with E-state index in [1.54, 1.807) is 0 Å². The molecule has 62 valence electrons. The lowest BCUT2D eigenvalue weighted by atomic mass is 10.0. The molecule has 1 fully saturated rings. The average Bonchev–Trinajstić information content (AvgIpc) is 2.12. The highest BCUT2D eigenvalue weighted by molar-refractivity contribution is 7.10. The molecule has 0 unspecified atom stereocenters. The minimum Gasteiger partial charge on any atom is -0.309 e. The zero-order chi connectivity index (χ0) is 6.97. The third-order valence-electron chi connectivity index (χ3n) is 2.04. The number of hydrogen-bond donors (Lipinski definition) is 1. The van der Waals surface area contributed by atoms with Crippen molar-refractivity contribution in [2.24, 2.45) is 0 Å². The van der Waals surface area contributed by atoms with Gasteiger partial charge in [-0.1, -0.05) is 0 Å². The largest absolute Gasteiger partial charge is 0.309 e. The maximum atomic E-state index is 3.40. The summed E-state index contributed by atoms with van der Waals surface area (Å²) in [6, 6.07) is 2.88. The first kappa shape index (κ1) is 9.04. The molecule has 0 spiro atoms. The SMILES string of the molecule is Cc1ccsc1[C@H]1CCN1.Cl. The van der Waals surface area contributed by atoms with E-state index in [2.05, 4.69) is 23.7 Å². The van der Waals surface area contributed by atoms with Crippen LogP contribution in [0.25, 0.3) is 0 Å². The summed E-state index contributed by atoms with van der Waals surface area (Å²) in [5, 5.41) is 5.57. The van der Waals surface area contributed by atoms with Crippen LogP contribution in [0.2, 0.25) is 0 Å². The van der Waals surface area contributed by atoms with Crippen LogP contribution in [0.4, 0.5) is 0 Å². The van der Waals surface area contributed by atoms with Gasteiger partial charge in [0.05, 0.1) is 0 Å². The number of halogens is 1. The molecule has 0 radical (unpaired) electrons. The van der Waals surface area contributed by atoms with Gasteiger partial charge >= 0.3 is 0 Å². The van der Waals surface area contributed by atoms with E-state index in [-0.39, 0.29) is 12.4 Å². The van der Waals surface area contributed by atoms with Crippen molar-refractivity contribution in [2.45, 2.75) is 19.4 Å². The van der Waals surface area contributed by atoms with E-state index < -0.39 is 0 Å². The minimum absolute atomic E-state index is 0. The predicted octanol–water partition coefficient (Wildman–Crippen LogP) is 2.51. The van der Waals surface area contributed by atoms with Crippen molar-refractivity contribution in [1.82, 2.24) is 5.32 Å². The van der Waals surface area contributed by atoms with Gasteiger partial charge in [-0.25, -0.2) is 0 Å². The lowest BCUT2D eigenvalue weighted by Crippen LogP contribution is -2.34. The molecular formula is C8H12ClNS. The normalized spacial score (nSPS) is 22.1. The molecule has 0 aromatic carbocycles. The topological polar surface area (TPSA) is 12.0 Å². The maximum Gasteiger partial charge on any atom is 0.0429 e. The summed E-state index contributed by atoms with van der Waals surface area (Å²) in [4.78, 5) is 1.53. The second-order valence-corrected chi connectivity index (χ2v) is 3.71. The zero-order valence-corrected chi connectivity index (χ0v) is 8.10. The average molecular weight is 190 g/mol. The van der Waals surface area contributed by atoms with Gasteiger partial charge in [0.15, 0.2) is 0 Å². The van der Waals surface area contributed by atoms with Crippen molar-refractivity contribution in [2.75, 3.05) is 6.54 Å². The quantitative estimate of drug-likeness (QED) is 0.716. The first-order valence-corrected chi connectivity index (χ1v) is 4.53. The Morgan fingerprint density at radius 3 is 2.73 bits per heavy atom. The van der Waals surface area contributed by atoms with Crippen LogP contribution in [0.3, 0.4) is 0 Å². The van der Waals surface area contributed by atoms with Crippen LogP contribution in [-0.4, -0.2) is 6.54 Å². The van der Waals surface area contributed by atoms with Crippen molar-refractivity contribution in [3.8, 4) is 0 Å². The predicted molar refractivity (Wildman–Crippen MR) is 51.7 cm³/mol. The van der Waals surface area contributed by atoms with Crippen LogP contribution < -0.4 is 5.32 Å². The van der Waals surface area contributed by atoms with Crippen LogP contribution >= 0.6 is 23.7 Å². The summed E-state index contributed by atoms with van der Waals surface area (Å²) in [5.41, 5.74) is 1.45. The highest BCUT2D eigenvalue weighted by Crippen LogP contribution is 2.29. The van der Waals surface area contributed by atoms with Gasteiger partial charge in [-0.15, -0.1) is 23.7 Å². The number of thiophene rings is 1. The first-order valence-electron chi connectivity index (χ1n) is 3.65. The molecule has 11 heavy (non-hydrogen) atoms. The summed E-state index contributed by atoms with van der Waals surface area (Å²) in [5.74, 6) is 0. The van der Waals surface area contributed by atoms with Gasteiger partial charge in [0.1, 0.15) is 0 Å². The van der Waals surface area contributed by atoms with Crippen molar-refractivity contribution in [1.29, 1.82) is 0 Å². The van der Waals surface area contributed by atoms with Crippen molar-refractivity contribution in [3.63, 3.8) is 0 Å². The summed E-state index contributed by atoms with van der Waals surface area (Å²) < 4.78 is 0. The molecule has 0 saturated carbocycles. The lowest BCUT2D eigenvalue weighted by Gasteiger charge is -2.27. The van der Waals surface area contributed by atoms with Gasteiger partial charge in [0.25, 0.3) is 0 Å². The van der Waals surface area contributed by atoms with E-state index in [4.69, 9.17) is 0 Å². The Hall–Kier alpha value is -0.0500. The van der Waals surface area contributed by atoms with E-state index in [1.807, 2.05) is 11.3 Å². The Labute approximate surface area is 77.2 Å². The summed E-state index contributed by atoms with van der Waals surface area (Å²) in [6.07, 6.45) is 1.32. The zero-order valence-electron chi connectivity index (χ0n) is 6.46. The van der Waals surface area contributed by atoms with Gasteiger partial charge in [0, 0.05) is 10.9 Å². The monoisotopic (exact) mass is 189 g/mol. The van der Waals surface area contributed by atoms with E-state index in [9.17, 15) is 0 Å². The smallest absolute Gasteiger partial charge is 0.0429 e. The molecule has 1 aromatic rings. The second kappa shape index (κ2) is 3.57. The molecule has 1 saturated heterocycles. The van der Waals surface area contributed by atoms with Crippen molar-refractivity contribution in [3.05, 3.63) is 21.9 Å².